The fraction of sp³-hybridized carbons (Fsp3) is 0.381. The lowest BCUT2D eigenvalue weighted by Crippen LogP contribution is -2.48. The van der Waals surface area contributed by atoms with Gasteiger partial charge >= 0.3 is 0 Å². The fourth-order valence-corrected chi connectivity index (χ4v) is 3.19. The second-order valence-electron chi connectivity index (χ2n) is 6.48. The monoisotopic (exact) mass is 338 g/mol. The Kier molecular flexibility index (Phi) is 5.71. The van der Waals surface area contributed by atoms with Crippen LogP contribution in [0.2, 0.25) is 0 Å². The molecule has 0 radical (unpaired) electrons. The number of ketones is 1. The summed E-state index contributed by atoms with van der Waals surface area (Å²) in [5.74, 6) is 0.984. The van der Waals surface area contributed by atoms with E-state index in [-0.39, 0.29) is 5.78 Å². The van der Waals surface area contributed by atoms with Gasteiger partial charge in [0, 0.05) is 37.4 Å². The smallest absolute Gasteiger partial charge is 0.176 e. The van der Waals surface area contributed by atoms with E-state index >= 15 is 0 Å². The molecule has 0 N–H and O–H groups in total. The molecule has 0 saturated carbocycles. The third-order valence-corrected chi connectivity index (χ3v) is 4.59. The molecular weight excluding hydrogens is 312 g/mol. The molecule has 4 nitrogen and oxygen atoms in total. The van der Waals surface area contributed by atoms with E-state index in [1.165, 1.54) is 11.3 Å². The Morgan fingerprint density at radius 1 is 1.04 bits per heavy atom. The molecule has 4 heteroatoms. The van der Waals surface area contributed by atoms with Crippen LogP contribution in [0.3, 0.4) is 0 Å². The maximum absolute atomic E-state index is 12.5. The Balaban J connectivity index is 1.52. The Morgan fingerprint density at radius 3 is 2.40 bits per heavy atom. The highest BCUT2D eigenvalue weighted by molar-refractivity contribution is 5.97. The molecule has 2 aromatic carbocycles. The fourth-order valence-electron chi connectivity index (χ4n) is 3.19. The van der Waals surface area contributed by atoms with Gasteiger partial charge in [-0.1, -0.05) is 12.1 Å². The number of aryl methyl sites for hydroxylation is 1. The summed E-state index contributed by atoms with van der Waals surface area (Å²) in [6.07, 6.45) is 0. The molecule has 1 heterocycles. The largest absolute Gasteiger partial charge is 0.494 e. The van der Waals surface area contributed by atoms with E-state index in [2.05, 4.69) is 41.0 Å². The van der Waals surface area contributed by atoms with Crippen LogP contribution in [-0.2, 0) is 0 Å². The highest BCUT2D eigenvalue weighted by Gasteiger charge is 2.19. The van der Waals surface area contributed by atoms with Crippen molar-refractivity contribution in [2.45, 2.75) is 13.8 Å². The molecule has 2 aromatic rings. The topological polar surface area (TPSA) is 32.8 Å². The molecular formula is C21H26N2O2. The summed E-state index contributed by atoms with van der Waals surface area (Å²) in [5.41, 5.74) is 3.31. The van der Waals surface area contributed by atoms with Crippen molar-refractivity contribution in [3.8, 4) is 5.75 Å². The molecule has 0 bridgehead atoms. The molecule has 0 amide bonds. The first-order valence-corrected chi connectivity index (χ1v) is 8.96. The van der Waals surface area contributed by atoms with Gasteiger partial charge in [0.15, 0.2) is 5.78 Å². The normalized spacial score (nSPS) is 15.2. The van der Waals surface area contributed by atoms with Gasteiger partial charge < -0.3 is 9.64 Å². The Bertz CT molecular complexity index is 704. The molecule has 0 aliphatic carbocycles. The number of nitrogens with zero attached hydrogens (tertiary/aromatic N) is 2. The quantitative estimate of drug-likeness (QED) is 0.756. The number of hydrogen-bond acceptors (Lipinski definition) is 4. The lowest BCUT2D eigenvalue weighted by atomic mass is 10.1. The van der Waals surface area contributed by atoms with Crippen molar-refractivity contribution in [1.82, 2.24) is 4.90 Å². The number of carbonyl (C=O) groups is 1. The van der Waals surface area contributed by atoms with Gasteiger partial charge in [-0.3, -0.25) is 9.69 Å². The zero-order valence-corrected chi connectivity index (χ0v) is 15.1. The van der Waals surface area contributed by atoms with Crippen molar-refractivity contribution in [2.24, 2.45) is 0 Å². The summed E-state index contributed by atoms with van der Waals surface area (Å²) in [4.78, 5) is 17.1. The molecule has 0 unspecified atom stereocenters. The summed E-state index contributed by atoms with van der Waals surface area (Å²) in [6, 6.07) is 16.1. The van der Waals surface area contributed by atoms with E-state index in [4.69, 9.17) is 4.74 Å². The van der Waals surface area contributed by atoms with E-state index in [1.54, 1.807) is 0 Å². The minimum absolute atomic E-state index is 0.173. The number of carbonyl (C=O) groups excluding carboxylic acids is 1. The standard InChI is InChI=1S/C21H26N2O2/c1-3-25-20-9-7-18(8-10-20)21(24)16-22-11-13-23(14-12-22)19-6-4-5-17(2)15-19/h4-10,15H,3,11-14,16H2,1-2H3. The van der Waals surface area contributed by atoms with Gasteiger partial charge in [0.05, 0.1) is 13.2 Å². The van der Waals surface area contributed by atoms with Crippen LogP contribution in [0.5, 0.6) is 5.75 Å². The van der Waals surface area contributed by atoms with E-state index in [0.717, 1.165) is 37.5 Å². The summed E-state index contributed by atoms with van der Waals surface area (Å²) in [5, 5.41) is 0. The minimum atomic E-state index is 0.173. The summed E-state index contributed by atoms with van der Waals surface area (Å²) < 4.78 is 5.43. The lowest BCUT2D eigenvalue weighted by molar-refractivity contribution is 0.0926. The van der Waals surface area contributed by atoms with Gasteiger partial charge in [-0.2, -0.15) is 0 Å². The van der Waals surface area contributed by atoms with Crippen LogP contribution in [0.15, 0.2) is 48.5 Å². The second kappa shape index (κ2) is 8.17. The lowest BCUT2D eigenvalue weighted by Gasteiger charge is -2.35. The van der Waals surface area contributed by atoms with Crippen molar-refractivity contribution >= 4 is 11.5 Å². The van der Waals surface area contributed by atoms with Crippen LogP contribution in [0.1, 0.15) is 22.8 Å². The molecule has 25 heavy (non-hydrogen) atoms. The van der Waals surface area contributed by atoms with Crippen LogP contribution >= 0.6 is 0 Å². The van der Waals surface area contributed by atoms with Crippen molar-refractivity contribution in [2.75, 3.05) is 44.2 Å². The van der Waals surface area contributed by atoms with Crippen LogP contribution < -0.4 is 9.64 Å². The third kappa shape index (κ3) is 4.60. The molecule has 1 aliphatic heterocycles. The first-order chi connectivity index (χ1) is 12.2. The second-order valence-corrected chi connectivity index (χ2v) is 6.48. The minimum Gasteiger partial charge on any atom is -0.494 e. The average molecular weight is 338 g/mol. The van der Waals surface area contributed by atoms with E-state index in [1.807, 2.05) is 31.2 Å². The molecule has 1 aliphatic rings. The maximum Gasteiger partial charge on any atom is 0.176 e. The highest BCUT2D eigenvalue weighted by atomic mass is 16.5. The third-order valence-electron chi connectivity index (χ3n) is 4.59. The van der Waals surface area contributed by atoms with E-state index < -0.39 is 0 Å². The average Bonchev–Trinajstić information content (AvgIpc) is 2.63. The van der Waals surface area contributed by atoms with E-state index in [0.29, 0.717) is 13.2 Å². The SMILES string of the molecule is CCOc1ccc(C(=O)CN2CCN(c3cccc(C)c3)CC2)cc1. The van der Waals surface area contributed by atoms with Crippen LogP contribution in [0, 0.1) is 6.92 Å². The van der Waals surface area contributed by atoms with Gasteiger partial charge in [-0.15, -0.1) is 0 Å². The van der Waals surface area contributed by atoms with Gasteiger partial charge in [-0.25, -0.2) is 0 Å². The molecule has 0 spiro atoms. The highest BCUT2D eigenvalue weighted by Crippen LogP contribution is 2.18. The van der Waals surface area contributed by atoms with Gasteiger partial charge in [0.2, 0.25) is 0 Å². The van der Waals surface area contributed by atoms with Crippen molar-refractivity contribution in [3.05, 3.63) is 59.7 Å². The molecule has 0 aromatic heterocycles. The zero-order chi connectivity index (χ0) is 17.6. The van der Waals surface area contributed by atoms with Crippen LogP contribution in [-0.4, -0.2) is 50.0 Å². The molecule has 3 rings (SSSR count). The first kappa shape index (κ1) is 17.5. The molecule has 0 atom stereocenters. The summed E-state index contributed by atoms with van der Waals surface area (Å²) >= 11 is 0. The predicted octanol–water partition coefficient (Wildman–Crippen LogP) is 3.40. The number of ether oxygens (including phenoxy) is 1. The van der Waals surface area contributed by atoms with Gasteiger partial charge in [-0.05, 0) is 55.8 Å². The number of Topliss-reactive ketones (excluding diaryl/α,β-unsaturated/α-hetero) is 1. The molecule has 132 valence electrons. The van der Waals surface area contributed by atoms with Crippen LogP contribution in [0.4, 0.5) is 5.69 Å². The van der Waals surface area contributed by atoms with E-state index in [9.17, 15) is 4.79 Å². The number of hydrogen-bond donors (Lipinski definition) is 0. The zero-order valence-electron chi connectivity index (χ0n) is 15.1. The van der Waals surface area contributed by atoms with Crippen molar-refractivity contribution in [1.29, 1.82) is 0 Å². The van der Waals surface area contributed by atoms with Gasteiger partial charge in [0.1, 0.15) is 5.75 Å². The number of piperazine rings is 1. The Labute approximate surface area is 150 Å². The molecule has 1 saturated heterocycles. The van der Waals surface area contributed by atoms with Crippen LogP contribution in [0.25, 0.3) is 0 Å². The predicted molar refractivity (Wildman–Crippen MR) is 102 cm³/mol. The number of rotatable bonds is 6. The number of anilines is 1. The van der Waals surface area contributed by atoms with Crippen molar-refractivity contribution < 1.29 is 9.53 Å². The van der Waals surface area contributed by atoms with Gasteiger partial charge in [0.25, 0.3) is 0 Å². The van der Waals surface area contributed by atoms with Crippen molar-refractivity contribution in [3.63, 3.8) is 0 Å². The molecule has 1 fully saturated rings. The Hall–Kier alpha value is -2.33. The maximum atomic E-state index is 12.5. The number of benzene rings is 2. The first-order valence-electron chi connectivity index (χ1n) is 8.96. The Morgan fingerprint density at radius 2 is 1.76 bits per heavy atom. The summed E-state index contributed by atoms with van der Waals surface area (Å²) in [7, 11) is 0. The summed E-state index contributed by atoms with van der Waals surface area (Å²) in [6.45, 7) is 8.94.